The van der Waals surface area contributed by atoms with Gasteiger partial charge in [-0.3, -0.25) is 0 Å². The summed E-state index contributed by atoms with van der Waals surface area (Å²) in [4.78, 5) is 1.01. The Labute approximate surface area is 137 Å². The van der Waals surface area contributed by atoms with Crippen molar-refractivity contribution < 1.29 is 13.5 Å². The zero-order valence-electron chi connectivity index (χ0n) is 10.8. The highest BCUT2D eigenvalue weighted by atomic mass is 35.5. The monoisotopic (exact) mass is 365 g/mol. The van der Waals surface area contributed by atoms with Crippen molar-refractivity contribution in [1.29, 1.82) is 0 Å². The van der Waals surface area contributed by atoms with Gasteiger partial charge < -0.3 is 5.11 Å². The lowest BCUT2D eigenvalue weighted by Crippen LogP contribution is -2.26. The third kappa shape index (κ3) is 3.97. The first-order chi connectivity index (χ1) is 9.95. The Hall–Kier alpha value is -0.630. The molecule has 0 amide bonds. The van der Waals surface area contributed by atoms with Gasteiger partial charge in [-0.25, -0.2) is 13.1 Å². The number of benzene rings is 1. The molecular weight excluding hydrogens is 353 g/mol. The van der Waals surface area contributed by atoms with Crippen LogP contribution in [0, 0.1) is 0 Å². The lowest BCUT2D eigenvalue weighted by molar-refractivity contribution is 0.281. The number of nitrogens with one attached hydrogen (secondary N) is 1. The van der Waals surface area contributed by atoms with Gasteiger partial charge in [0.15, 0.2) is 0 Å². The van der Waals surface area contributed by atoms with Crippen LogP contribution in [-0.2, 0) is 23.1 Å². The van der Waals surface area contributed by atoms with Crippen LogP contribution in [-0.4, -0.2) is 20.1 Å². The molecular formula is C13H13Cl2NO3S2. The molecule has 2 aromatic rings. The fraction of sp³-hybridized carbons (Fsp3) is 0.231. The predicted molar refractivity (Wildman–Crippen MR) is 85.6 cm³/mol. The molecule has 0 fully saturated rings. The fourth-order valence-electron chi connectivity index (χ4n) is 1.77. The summed E-state index contributed by atoms with van der Waals surface area (Å²) in [5.74, 6) is 0. The maximum absolute atomic E-state index is 12.2. The number of aliphatic hydroxyl groups is 1. The van der Waals surface area contributed by atoms with Gasteiger partial charge in [0.2, 0.25) is 10.0 Å². The number of sulfonamides is 1. The first kappa shape index (κ1) is 16.7. The highest BCUT2D eigenvalue weighted by Crippen LogP contribution is 2.30. The van der Waals surface area contributed by atoms with E-state index >= 15 is 0 Å². The second-order valence-electron chi connectivity index (χ2n) is 4.22. The molecule has 0 aliphatic rings. The number of hydrogen-bond acceptors (Lipinski definition) is 4. The van der Waals surface area contributed by atoms with Crippen LogP contribution < -0.4 is 4.72 Å². The van der Waals surface area contributed by atoms with Gasteiger partial charge in [-0.15, -0.1) is 11.3 Å². The van der Waals surface area contributed by atoms with E-state index in [0.717, 1.165) is 4.88 Å². The van der Waals surface area contributed by atoms with Gasteiger partial charge in [0.1, 0.15) is 4.90 Å². The standard InChI is InChI=1S/C13H13Cl2NO3S2/c14-11-3-4-12(13(15)10(11)8-17)21(18,19)16-6-5-9-2-1-7-20-9/h1-4,7,16-17H,5-6,8H2. The molecule has 114 valence electrons. The third-order valence-electron chi connectivity index (χ3n) is 2.84. The molecule has 0 saturated carbocycles. The van der Waals surface area contributed by atoms with E-state index in [4.69, 9.17) is 23.2 Å². The van der Waals surface area contributed by atoms with E-state index in [9.17, 15) is 13.5 Å². The predicted octanol–water partition coefficient (Wildman–Crippen LogP) is 3.07. The number of hydrogen-bond donors (Lipinski definition) is 2. The van der Waals surface area contributed by atoms with E-state index in [1.807, 2.05) is 17.5 Å². The second kappa shape index (κ2) is 7.09. The molecule has 1 heterocycles. The smallest absolute Gasteiger partial charge is 0.242 e. The topological polar surface area (TPSA) is 66.4 Å². The van der Waals surface area contributed by atoms with Gasteiger partial charge >= 0.3 is 0 Å². The molecule has 0 aliphatic carbocycles. The number of rotatable bonds is 6. The Morgan fingerprint density at radius 3 is 2.62 bits per heavy atom. The lowest BCUT2D eigenvalue weighted by atomic mass is 10.2. The van der Waals surface area contributed by atoms with Gasteiger partial charge in [-0.05, 0) is 30.0 Å². The van der Waals surface area contributed by atoms with E-state index in [1.165, 1.54) is 12.1 Å². The first-order valence-corrected chi connectivity index (χ1v) is 9.17. The van der Waals surface area contributed by atoms with Crippen LogP contribution in [0.3, 0.4) is 0 Å². The Kier molecular flexibility index (Phi) is 5.65. The van der Waals surface area contributed by atoms with Crippen molar-refractivity contribution in [3.63, 3.8) is 0 Å². The fourth-order valence-corrected chi connectivity index (χ4v) is 4.41. The van der Waals surface area contributed by atoms with Crippen molar-refractivity contribution in [1.82, 2.24) is 4.72 Å². The Balaban J connectivity index is 2.16. The molecule has 0 unspecified atom stereocenters. The van der Waals surface area contributed by atoms with Crippen molar-refractivity contribution in [2.75, 3.05) is 6.54 Å². The summed E-state index contributed by atoms with van der Waals surface area (Å²) in [5, 5.41) is 11.3. The van der Waals surface area contributed by atoms with Crippen molar-refractivity contribution in [2.45, 2.75) is 17.9 Å². The molecule has 0 bridgehead atoms. The highest BCUT2D eigenvalue weighted by Gasteiger charge is 2.21. The summed E-state index contributed by atoms with van der Waals surface area (Å²) in [6, 6.07) is 6.60. The van der Waals surface area contributed by atoms with Crippen molar-refractivity contribution in [3.8, 4) is 0 Å². The van der Waals surface area contributed by atoms with E-state index < -0.39 is 16.6 Å². The molecule has 2 rings (SSSR count). The minimum absolute atomic E-state index is 0.0476. The van der Waals surface area contributed by atoms with Crippen molar-refractivity contribution in [2.24, 2.45) is 0 Å². The van der Waals surface area contributed by atoms with Gasteiger partial charge in [0.25, 0.3) is 0 Å². The molecule has 0 atom stereocenters. The van der Waals surface area contributed by atoms with E-state index in [2.05, 4.69) is 4.72 Å². The average Bonchev–Trinajstić information content (AvgIpc) is 2.92. The minimum atomic E-state index is -3.74. The molecule has 4 nitrogen and oxygen atoms in total. The average molecular weight is 366 g/mol. The van der Waals surface area contributed by atoms with Gasteiger partial charge in [-0.2, -0.15) is 0 Å². The zero-order chi connectivity index (χ0) is 15.5. The summed E-state index contributed by atoms with van der Waals surface area (Å²) in [6.45, 7) is -0.146. The summed E-state index contributed by atoms with van der Waals surface area (Å²) >= 11 is 13.5. The summed E-state index contributed by atoms with van der Waals surface area (Å²) in [7, 11) is -3.74. The van der Waals surface area contributed by atoms with Crippen LogP contribution in [0.25, 0.3) is 0 Å². The number of thiophene rings is 1. The van der Waals surface area contributed by atoms with Crippen molar-refractivity contribution in [3.05, 3.63) is 50.1 Å². The number of halogens is 2. The van der Waals surface area contributed by atoms with E-state index in [0.29, 0.717) is 6.42 Å². The maximum atomic E-state index is 12.2. The van der Waals surface area contributed by atoms with Crippen molar-refractivity contribution >= 4 is 44.6 Å². The zero-order valence-corrected chi connectivity index (χ0v) is 14.0. The van der Waals surface area contributed by atoms with Gasteiger partial charge in [0, 0.05) is 22.0 Å². The maximum Gasteiger partial charge on any atom is 0.242 e. The summed E-state index contributed by atoms with van der Waals surface area (Å²) < 4.78 is 27.0. The van der Waals surface area contributed by atoms with Crippen LogP contribution in [0.2, 0.25) is 10.0 Å². The summed E-state index contributed by atoms with van der Waals surface area (Å²) in [6.07, 6.45) is 0.606. The van der Waals surface area contributed by atoms with Crippen LogP contribution in [0.15, 0.2) is 34.5 Å². The van der Waals surface area contributed by atoms with Crippen LogP contribution in [0.5, 0.6) is 0 Å². The molecule has 1 aromatic carbocycles. The van der Waals surface area contributed by atoms with Crippen LogP contribution in [0.4, 0.5) is 0 Å². The van der Waals surface area contributed by atoms with Gasteiger partial charge in [-0.1, -0.05) is 29.3 Å². The molecule has 0 saturated heterocycles. The van der Waals surface area contributed by atoms with Crippen LogP contribution >= 0.6 is 34.5 Å². The molecule has 8 heteroatoms. The molecule has 0 spiro atoms. The second-order valence-corrected chi connectivity index (χ2v) is 7.78. The molecule has 0 aliphatic heterocycles. The largest absolute Gasteiger partial charge is 0.392 e. The Bertz CT molecular complexity index is 715. The minimum Gasteiger partial charge on any atom is -0.392 e. The normalized spacial score (nSPS) is 11.8. The van der Waals surface area contributed by atoms with E-state index in [1.54, 1.807) is 11.3 Å². The third-order valence-corrected chi connectivity index (χ3v) is 6.18. The molecule has 1 aromatic heterocycles. The number of aliphatic hydroxyl groups excluding tert-OH is 1. The van der Waals surface area contributed by atoms with Crippen LogP contribution in [0.1, 0.15) is 10.4 Å². The Morgan fingerprint density at radius 2 is 2.00 bits per heavy atom. The SMILES string of the molecule is O=S(=O)(NCCc1cccs1)c1ccc(Cl)c(CO)c1Cl. The quantitative estimate of drug-likeness (QED) is 0.826. The Morgan fingerprint density at radius 1 is 1.24 bits per heavy atom. The molecule has 21 heavy (non-hydrogen) atoms. The van der Waals surface area contributed by atoms with Gasteiger partial charge in [0.05, 0.1) is 11.6 Å². The van der Waals surface area contributed by atoms with E-state index in [-0.39, 0.29) is 27.0 Å². The highest BCUT2D eigenvalue weighted by molar-refractivity contribution is 7.89. The molecule has 2 N–H and O–H groups in total. The first-order valence-electron chi connectivity index (χ1n) is 6.05. The lowest BCUT2D eigenvalue weighted by Gasteiger charge is -2.11. The molecule has 0 radical (unpaired) electrons. The summed E-state index contributed by atoms with van der Waals surface area (Å²) in [5.41, 5.74) is 0.208.